The van der Waals surface area contributed by atoms with Gasteiger partial charge in [0.25, 0.3) is 0 Å². The lowest BCUT2D eigenvalue weighted by Gasteiger charge is -2.09. The Bertz CT molecular complexity index is 521. The molecule has 17 heavy (non-hydrogen) atoms. The molecule has 1 nitrogen and oxygen atoms in total. The van der Waals surface area contributed by atoms with Crippen molar-refractivity contribution in [1.82, 2.24) is 0 Å². The van der Waals surface area contributed by atoms with Gasteiger partial charge in [0.05, 0.1) is 0 Å². The van der Waals surface area contributed by atoms with Gasteiger partial charge in [-0.15, -0.1) is 0 Å². The van der Waals surface area contributed by atoms with Gasteiger partial charge in [0.15, 0.2) is 5.78 Å². The third-order valence-electron chi connectivity index (χ3n) is 2.69. The summed E-state index contributed by atoms with van der Waals surface area (Å²) in [6.07, 6.45) is 5.97. The summed E-state index contributed by atoms with van der Waals surface area (Å²) >= 11 is 2.29. The Labute approximate surface area is 115 Å². The van der Waals surface area contributed by atoms with Crippen LogP contribution in [0.25, 0.3) is 6.08 Å². The minimum Gasteiger partial charge on any atom is -0.289 e. The summed E-state index contributed by atoms with van der Waals surface area (Å²) in [6.45, 7) is 3.72. The van der Waals surface area contributed by atoms with E-state index in [9.17, 15) is 4.79 Å². The van der Waals surface area contributed by atoms with Crippen LogP contribution in [0.1, 0.15) is 19.4 Å². The predicted octanol–water partition coefficient (Wildman–Crippen LogP) is 4.15. The maximum atomic E-state index is 11.6. The zero-order valence-corrected chi connectivity index (χ0v) is 12.0. The number of hydrogen-bond donors (Lipinski definition) is 0. The molecule has 0 heterocycles. The van der Waals surface area contributed by atoms with E-state index in [4.69, 9.17) is 0 Å². The minimum atomic E-state index is 0.143. The van der Waals surface area contributed by atoms with E-state index in [0.29, 0.717) is 0 Å². The third-order valence-corrected chi connectivity index (χ3v) is 3.41. The van der Waals surface area contributed by atoms with Gasteiger partial charge in [0.2, 0.25) is 0 Å². The Morgan fingerprint density at radius 2 is 1.53 bits per heavy atom. The lowest BCUT2D eigenvalue weighted by molar-refractivity contribution is -0.112. The van der Waals surface area contributed by atoms with Crippen LogP contribution in [0.15, 0.2) is 53.1 Å². The first-order chi connectivity index (χ1) is 8.06. The Morgan fingerprint density at radius 3 is 2.06 bits per heavy atom. The maximum Gasteiger partial charge on any atom is 0.184 e. The highest BCUT2D eigenvalue weighted by atomic mass is 127. The molecule has 0 radical (unpaired) electrons. The van der Waals surface area contributed by atoms with E-state index in [2.05, 4.69) is 52.9 Å². The summed E-state index contributed by atoms with van der Waals surface area (Å²) in [6, 6.07) is 8.32. The van der Waals surface area contributed by atoms with Gasteiger partial charge in [-0.1, -0.05) is 12.1 Å². The van der Waals surface area contributed by atoms with Crippen molar-refractivity contribution < 1.29 is 4.79 Å². The van der Waals surface area contributed by atoms with Gasteiger partial charge in [0.1, 0.15) is 0 Å². The molecule has 0 bridgehead atoms. The molecule has 1 aliphatic rings. The lowest BCUT2D eigenvalue weighted by atomic mass is 9.95. The largest absolute Gasteiger partial charge is 0.289 e. The van der Waals surface area contributed by atoms with Crippen LogP contribution in [-0.2, 0) is 4.79 Å². The average Bonchev–Trinajstić information content (AvgIpc) is 2.29. The monoisotopic (exact) mass is 336 g/mol. The van der Waals surface area contributed by atoms with Crippen molar-refractivity contribution in [3.8, 4) is 0 Å². The first kappa shape index (κ1) is 12.3. The van der Waals surface area contributed by atoms with Crippen molar-refractivity contribution >= 4 is 34.5 Å². The quantitative estimate of drug-likeness (QED) is 0.704. The predicted molar refractivity (Wildman–Crippen MR) is 79.7 cm³/mol. The normalized spacial score (nSPS) is 15.5. The van der Waals surface area contributed by atoms with Crippen LogP contribution < -0.4 is 0 Å². The molecule has 0 aliphatic heterocycles. The molecule has 0 saturated heterocycles. The SMILES string of the molecule is CC1=CC(=Cc2ccc(I)cc2)C=C(C)C1=O. The van der Waals surface area contributed by atoms with Crippen molar-refractivity contribution in [2.45, 2.75) is 13.8 Å². The number of hydrogen-bond acceptors (Lipinski definition) is 1. The molecule has 2 heteroatoms. The number of ketones is 1. The maximum absolute atomic E-state index is 11.6. The highest BCUT2D eigenvalue weighted by molar-refractivity contribution is 14.1. The molecule has 2 rings (SSSR count). The van der Waals surface area contributed by atoms with E-state index in [-0.39, 0.29) is 5.78 Å². The Hall–Kier alpha value is -1.16. The number of carbonyl (C=O) groups excluding carboxylic acids is 1. The molecular formula is C15H13IO. The van der Waals surface area contributed by atoms with Crippen molar-refractivity contribution in [3.63, 3.8) is 0 Å². The number of benzene rings is 1. The molecule has 0 spiro atoms. The van der Waals surface area contributed by atoms with Gasteiger partial charge in [0, 0.05) is 3.57 Å². The van der Waals surface area contributed by atoms with E-state index < -0.39 is 0 Å². The van der Waals surface area contributed by atoms with E-state index in [1.165, 1.54) is 3.57 Å². The fourth-order valence-electron chi connectivity index (χ4n) is 1.82. The summed E-state index contributed by atoms with van der Waals surface area (Å²) in [7, 11) is 0. The molecule has 1 aromatic rings. The van der Waals surface area contributed by atoms with Crippen molar-refractivity contribution in [1.29, 1.82) is 0 Å². The molecular weight excluding hydrogens is 323 g/mol. The standard InChI is InChI=1S/C15H13IO/c1-10-7-13(8-11(2)15(10)17)9-12-3-5-14(16)6-4-12/h3-9H,1-2H3. The molecule has 0 unspecified atom stereocenters. The molecule has 0 aromatic heterocycles. The molecule has 0 saturated carbocycles. The zero-order valence-electron chi connectivity index (χ0n) is 9.83. The molecule has 0 fully saturated rings. The third kappa shape index (κ3) is 2.94. The van der Waals surface area contributed by atoms with Gasteiger partial charge in [-0.2, -0.15) is 0 Å². The van der Waals surface area contributed by atoms with E-state index in [0.717, 1.165) is 22.3 Å². The Kier molecular flexibility index (Phi) is 3.62. The van der Waals surface area contributed by atoms with Crippen molar-refractivity contribution in [3.05, 3.63) is 62.3 Å². The summed E-state index contributed by atoms with van der Waals surface area (Å²) < 4.78 is 1.22. The molecule has 1 aliphatic carbocycles. The highest BCUT2D eigenvalue weighted by Crippen LogP contribution is 2.20. The zero-order chi connectivity index (χ0) is 12.4. The van der Waals surface area contributed by atoms with Crippen molar-refractivity contribution in [2.24, 2.45) is 0 Å². The van der Waals surface area contributed by atoms with Gasteiger partial charge >= 0.3 is 0 Å². The van der Waals surface area contributed by atoms with Crippen LogP contribution in [0.2, 0.25) is 0 Å². The molecule has 0 amide bonds. The van der Waals surface area contributed by atoms with Crippen LogP contribution >= 0.6 is 22.6 Å². The van der Waals surface area contributed by atoms with Crippen LogP contribution in [0.4, 0.5) is 0 Å². The molecule has 86 valence electrons. The van der Waals surface area contributed by atoms with E-state index in [1.54, 1.807) is 0 Å². The van der Waals surface area contributed by atoms with E-state index in [1.807, 2.05) is 26.0 Å². The van der Waals surface area contributed by atoms with Crippen LogP contribution in [0.5, 0.6) is 0 Å². The van der Waals surface area contributed by atoms with Gasteiger partial charge in [-0.25, -0.2) is 0 Å². The molecule has 0 atom stereocenters. The average molecular weight is 336 g/mol. The second-order valence-corrected chi connectivity index (χ2v) is 5.43. The van der Waals surface area contributed by atoms with Crippen LogP contribution in [-0.4, -0.2) is 5.78 Å². The van der Waals surface area contributed by atoms with Gasteiger partial charge < -0.3 is 0 Å². The number of Topliss-reactive ketones (excluding diaryl/α,β-unsaturated/α-hetero) is 1. The lowest BCUT2D eigenvalue weighted by Crippen LogP contribution is -2.05. The topological polar surface area (TPSA) is 17.1 Å². The number of rotatable bonds is 1. The second-order valence-electron chi connectivity index (χ2n) is 4.18. The van der Waals surface area contributed by atoms with Gasteiger partial charge in [-0.3, -0.25) is 4.79 Å². The number of carbonyl (C=O) groups is 1. The Morgan fingerprint density at radius 1 is 1.00 bits per heavy atom. The minimum absolute atomic E-state index is 0.143. The van der Waals surface area contributed by atoms with Crippen LogP contribution in [0.3, 0.4) is 0 Å². The summed E-state index contributed by atoms with van der Waals surface area (Å²) in [5.74, 6) is 0.143. The highest BCUT2D eigenvalue weighted by Gasteiger charge is 2.12. The second kappa shape index (κ2) is 5.00. The first-order valence-corrected chi connectivity index (χ1v) is 6.53. The fraction of sp³-hybridized carbons (Fsp3) is 0.133. The Balaban J connectivity index is 2.35. The first-order valence-electron chi connectivity index (χ1n) is 5.45. The van der Waals surface area contributed by atoms with Gasteiger partial charge in [-0.05, 0) is 89.1 Å². The number of halogens is 1. The summed E-state index contributed by atoms with van der Waals surface area (Å²) in [5.41, 5.74) is 3.85. The van der Waals surface area contributed by atoms with E-state index >= 15 is 0 Å². The summed E-state index contributed by atoms with van der Waals surface area (Å²) in [4.78, 5) is 11.6. The fourth-order valence-corrected chi connectivity index (χ4v) is 2.18. The van der Waals surface area contributed by atoms with Crippen LogP contribution in [0, 0.1) is 3.57 Å². The summed E-state index contributed by atoms with van der Waals surface area (Å²) in [5, 5.41) is 0. The molecule has 0 N–H and O–H groups in total. The molecule has 1 aromatic carbocycles. The smallest absolute Gasteiger partial charge is 0.184 e. The van der Waals surface area contributed by atoms with Crippen molar-refractivity contribution in [2.75, 3.05) is 0 Å². The number of allylic oxidation sites excluding steroid dienone is 5.